The minimum atomic E-state index is 0.412. The molecule has 1 saturated heterocycles. The molecule has 0 amide bonds. The van der Waals surface area contributed by atoms with Crippen LogP contribution in [0, 0.1) is 5.92 Å². The van der Waals surface area contributed by atoms with Crippen LogP contribution in [0.4, 0.5) is 5.69 Å². The Hall–Kier alpha value is -1.36. The first-order chi connectivity index (χ1) is 8.19. The van der Waals surface area contributed by atoms with Gasteiger partial charge in [0.2, 0.25) is 0 Å². The van der Waals surface area contributed by atoms with E-state index in [0.29, 0.717) is 17.5 Å². The zero-order valence-electron chi connectivity index (χ0n) is 10.5. The molecule has 1 aromatic heterocycles. The zero-order valence-corrected chi connectivity index (χ0v) is 10.5. The molecule has 5 nitrogen and oxygen atoms in total. The quantitative estimate of drug-likeness (QED) is 0.846. The van der Waals surface area contributed by atoms with Crippen molar-refractivity contribution in [3.63, 3.8) is 0 Å². The number of anilines is 1. The van der Waals surface area contributed by atoms with Gasteiger partial charge in [-0.2, -0.15) is 5.10 Å². The topological polar surface area (TPSA) is 64.3 Å². The highest BCUT2D eigenvalue weighted by molar-refractivity contribution is 5.47. The van der Waals surface area contributed by atoms with Crippen molar-refractivity contribution in [3.05, 3.63) is 11.8 Å². The highest BCUT2D eigenvalue weighted by Crippen LogP contribution is 2.22. The molecule has 17 heavy (non-hydrogen) atoms. The van der Waals surface area contributed by atoms with Crippen LogP contribution in [0.15, 0.2) is 6.07 Å². The third-order valence-corrected chi connectivity index (χ3v) is 3.25. The summed E-state index contributed by atoms with van der Waals surface area (Å²) in [5.41, 5.74) is 7.36. The highest BCUT2D eigenvalue weighted by Gasteiger charge is 2.18. The first kappa shape index (κ1) is 12.1. The molecule has 5 heteroatoms. The van der Waals surface area contributed by atoms with Gasteiger partial charge in [0.1, 0.15) is 0 Å². The average molecular weight is 236 g/mol. The van der Waals surface area contributed by atoms with Gasteiger partial charge >= 0.3 is 0 Å². The van der Waals surface area contributed by atoms with Crippen LogP contribution in [0.1, 0.15) is 18.5 Å². The molecule has 1 aromatic rings. The van der Waals surface area contributed by atoms with Gasteiger partial charge in [-0.25, -0.2) is 0 Å². The number of aromatic nitrogens is 2. The molecular formula is C12H20N4O. The lowest BCUT2D eigenvalue weighted by Crippen LogP contribution is -2.33. The second kappa shape index (κ2) is 5.31. The summed E-state index contributed by atoms with van der Waals surface area (Å²) in [5, 5.41) is 8.13. The van der Waals surface area contributed by atoms with Gasteiger partial charge in [-0.05, 0) is 44.8 Å². The molecule has 2 rings (SSSR count). The molecule has 2 N–H and O–H groups in total. The minimum absolute atomic E-state index is 0.412. The third kappa shape index (κ3) is 3.06. The van der Waals surface area contributed by atoms with Crippen molar-refractivity contribution in [1.29, 1.82) is 0 Å². The smallest absolute Gasteiger partial charge is 0.256 e. The predicted octanol–water partition coefficient (Wildman–Crippen LogP) is 0.952. The normalized spacial score (nSPS) is 21.4. The van der Waals surface area contributed by atoms with Gasteiger partial charge in [0.25, 0.3) is 5.88 Å². The Labute approximate surface area is 102 Å². The van der Waals surface area contributed by atoms with Crippen molar-refractivity contribution in [3.8, 4) is 5.88 Å². The molecular weight excluding hydrogens is 216 g/mol. The molecule has 0 aliphatic carbocycles. The fourth-order valence-electron chi connectivity index (χ4n) is 2.43. The van der Waals surface area contributed by atoms with E-state index in [-0.39, 0.29) is 0 Å². The highest BCUT2D eigenvalue weighted by atomic mass is 16.5. The lowest BCUT2D eigenvalue weighted by atomic mass is 9.93. The van der Waals surface area contributed by atoms with Gasteiger partial charge in [-0.1, -0.05) is 0 Å². The Morgan fingerprint density at radius 3 is 3.00 bits per heavy atom. The Balaban J connectivity index is 2.00. The molecule has 1 fully saturated rings. The Morgan fingerprint density at radius 2 is 2.35 bits per heavy atom. The second-order valence-corrected chi connectivity index (χ2v) is 4.77. The second-order valence-electron chi connectivity index (χ2n) is 4.77. The van der Waals surface area contributed by atoms with E-state index in [4.69, 9.17) is 10.5 Å². The van der Waals surface area contributed by atoms with Crippen LogP contribution >= 0.6 is 0 Å². The maximum Gasteiger partial charge on any atom is 0.256 e. The number of nitrogen functional groups attached to an aromatic ring is 1. The van der Waals surface area contributed by atoms with Crippen molar-refractivity contribution in [2.24, 2.45) is 5.92 Å². The van der Waals surface area contributed by atoms with Crippen LogP contribution in [0.25, 0.3) is 0 Å². The van der Waals surface area contributed by atoms with E-state index in [0.717, 1.165) is 18.7 Å². The summed E-state index contributed by atoms with van der Waals surface area (Å²) in [7, 11) is 3.72. The standard InChI is InChI=1S/C12H20N4O/c1-16-5-3-4-9(8-16)6-10-7-11(13)12(17-2)15-14-10/h7,9H,3-6,8H2,1-2H3,(H2,13,14). The van der Waals surface area contributed by atoms with E-state index in [1.807, 2.05) is 6.07 Å². The van der Waals surface area contributed by atoms with Gasteiger partial charge in [0.05, 0.1) is 18.5 Å². The molecule has 2 heterocycles. The van der Waals surface area contributed by atoms with Gasteiger partial charge < -0.3 is 15.4 Å². The van der Waals surface area contributed by atoms with Crippen molar-refractivity contribution in [1.82, 2.24) is 15.1 Å². The van der Waals surface area contributed by atoms with Crippen LogP contribution < -0.4 is 10.5 Å². The summed E-state index contributed by atoms with van der Waals surface area (Å²) in [6.07, 6.45) is 3.48. The third-order valence-electron chi connectivity index (χ3n) is 3.25. The molecule has 94 valence electrons. The maximum absolute atomic E-state index is 5.83. The number of nitrogens with zero attached hydrogens (tertiary/aromatic N) is 3. The summed E-state index contributed by atoms with van der Waals surface area (Å²) in [4.78, 5) is 2.37. The minimum Gasteiger partial charge on any atom is -0.478 e. The number of ether oxygens (including phenoxy) is 1. The zero-order chi connectivity index (χ0) is 12.3. The molecule has 1 aliphatic rings. The van der Waals surface area contributed by atoms with Gasteiger partial charge in [-0.3, -0.25) is 0 Å². The molecule has 1 aliphatic heterocycles. The summed E-state index contributed by atoms with van der Waals surface area (Å²) in [5.74, 6) is 1.07. The molecule has 1 atom stereocenters. The largest absolute Gasteiger partial charge is 0.478 e. The first-order valence-electron chi connectivity index (χ1n) is 6.03. The van der Waals surface area contributed by atoms with Crippen molar-refractivity contribution in [2.45, 2.75) is 19.3 Å². The van der Waals surface area contributed by atoms with Crippen LogP contribution in [0.5, 0.6) is 5.88 Å². The Kier molecular flexibility index (Phi) is 3.78. The number of methoxy groups -OCH3 is 1. The van der Waals surface area contributed by atoms with Crippen molar-refractivity contribution in [2.75, 3.05) is 33.0 Å². The molecule has 0 saturated carbocycles. The Bertz CT molecular complexity index is 383. The predicted molar refractivity (Wildman–Crippen MR) is 66.9 cm³/mol. The number of hydrogen-bond donors (Lipinski definition) is 1. The fourth-order valence-corrected chi connectivity index (χ4v) is 2.43. The number of nitrogens with two attached hydrogens (primary N) is 1. The molecule has 0 aromatic carbocycles. The summed E-state index contributed by atoms with van der Waals surface area (Å²) >= 11 is 0. The van der Waals surface area contributed by atoms with E-state index in [9.17, 15) is 0 Å². The summed E-state index contributed by atoms with van der Waals surface area (Å²) in [6.45, 7) is 2.33. The maximum atomic E-state index is 5.83. The molecule has 0 spiro atoms. The molecule has 0 radical (unpaired) electrons. The summed E-state index contributed by atoms with van der Waals surface area (Å²) < 4.78 is 5.00. The monoisotopic (exact) mass is 236 g/mol. The van der Waals surface area contributed by atoms with E-state index in [1.165, 1.54) is 19.4 Å². The summed E-state index contributed by atoms with van der Waals surface area (Å²) in [6, 6.07) is 1.88. The van der Waals surface area contributed by atoms with Gasteiger partial charge in [0, 0.05) is 6.54 Å². The number of rotatable bonds is 3. The van der Waals surface area contributed by atoms with Gasteiger partial charge in [0.15, 0.2) is 0 Å². The first-order valence-corrected chi connectivity index (χ1v) is 6.03. The van der Waals surface area contributed by atoms with E-state index in [1.54, 1.807) is 7.11 Å². The molecule has 0 bridgehead atoms. The van der Waals surface area contributed by atoms with E-state index >= 15 is 0 Å². The molecule has 1 unspecified atom stereocenters. The number of likely N-dealkylation sites (tertiary alicyclic amines) is 1. The number of piperidine rings is 1. The lowest BCUT2D eigenvalue weighted by molar-refractivity contribution is 0.208. The Morgan fingerprint density at radius 1 is 1.53 bits per heavy atom. The van der Waals surface area contributed by atoms with E-state index < -0.39 is 0 Å². The van der Waals surface area contributed by atoms with Crippen molar-refractivity contribution < 1.29 is 4.74 Å². The van der Waals surface area contributed by atoms with E-state index in [2.05, 4.69) is 22.1 Å². The average Bonchev–Trinajstić information content (AvgIpc) is 2.29. The van der Waals surface area contributed by atoms with Crippen LogP contribution in [-0.4, -0.2) is 42.3 Å². The van der Waals surface area contributed by atoms with Crippen LogP contribution in [-0.2, 0) is 6.42 Å². The fraction of sp³-hybridized carbons (Fsp3) is 0.667. The van der Waals surface area contributed by atoms with Crippen molar-refractivity contribution >= 4 is 5.69 Å². The van der Waals surface area contributed by atoms with Crippen LogP contribution in [0.2, 0.25) is 0 Å². The number of hydrogen-bond acceptors (Lipinski definition) is 5. The van der Waals surface area contributed by atoms with Gasteiger partial charge in [-0.15, -0.1) is 5.10 Å². The van der Waals surface area contributed by atoms with Crippen LogP contribution in [0.3, 0.4) is 0 Å². The lowest BCUT2D eigenvalue weighted by Gasteiger charge is -2.29. The SMILES string of the molecule is COc1nnc(CC2CCCN(C)C2)cc1N.